The number of unbranched alkanes of at least 4 members (excludes halogenated alkanes) is 45. The Morgan fingerprint density at radius 1 is 0.175 bits per heavy atom. The monoisotopic (exact) mass is 1670 g/mol. The van der Waals surface area contributed by atoms with Gasteiger partial charge in [0, 0.05) is 16.7 Å². The normalized spacial score (nSPS) is 11.5. The standard InChI is InChI=1S/C99H159N9O12/c1-10-19-28-37-46-55-64-109-82-73-79(74-83(110-65-56-47-38-29-20-11-2)88(82)115-70-61-52-43-34-25-16-7)94-103-106-97(118-94)91-100-92(98-107-104-95(119-98)80-75-84(111-66-57-48-39-30-21-12-3)89(116-71-62-53-44-35-26-17-8)85(76-80)112-67-58-49-40-31-22-13-4)102-93(101-91)99-108-105-96(120-99)81-77-86(113-68-59-50-41-32-23-14-5)90(117-72-63-54-45-36-27-18-9)87(78-81)114-69-60-51-42-33-24-15-6/h73-78H,10-72H2,1-9H3. The van der Waals surface area contributed by atoms with Crippen LogP contribution in [0.3, 0.4) is 0 Å². The number of hydrogen-bond donors (Lipinski definition) is 0. The Labute approximate surface area is 723 Å². The van der Waals surface area contributed by atoms with Crippen LogP contribution in [0.5, 0.6) is 51.7 Å². The molecule has 120 heavy (non-hydrogen) atoms. The summed E-state index contributed by atoms with van der Waals surface area (Å²) in [4.78, 5) is 15.1. The summed E-state index contributed by atoms with van der Waals surface area (Å²) in [6.07, 6.45) is 60.8. The summed E-state index contributed by atoms with van der Waals surface area (Å²) < 4.78 is 81.0. The van der Waals surface area contributed by atoms with Crippen LogP contribution in [0.25, 0.3) is 69.5 Å². The second kappa shape index (κ2) is 64.1. The Morgan fingerprint density at radius 3 is 0.483 bits per heavy atom. The van der Waals surface area contributed by atoms with E-state index in [0.717, 1.165) is 154 Å². The molecule has 7 rings (SSSR count). The van der Waals surface area contributed by atoms with E-state index in [9.17, 15) is 0 Å². The summed E-state index contributed by atoms with van der Waals surface area (Å²) in [5.41, 5.74) is 1.72. The SMILES string of the molecule is CCCCCCCCOc1cc(-c2nnc(-c3nc(-c4nnc(-c5cc(OCCCCCCCC)c(OCCCCCCCC)c(OCCCCCCCC)c5)o4)nc(-c4nnc(-c5cc(OCCCCCCCC)c(OCCCCCCCC)c(OCCCCCCCC)c5)o4)n3)o2)cc(OCCCCCCCC)c1OCCCCCCCC. The molecule has 0 saturated heterocycles. The van der Waals surface area contributed by atoms with Gasteiger partial charge in [-0.2, -0.15) is 15.0 Å². The lowest BCUT2D eigenvalue weighted by atomic mass is 10.1. The van der Waals surface area contributed by atoms with E-state index in [2.05, 4.69) is 77.6 Å². The molecule has 672 valence electrons. The smallest absolute Gasteiger partial charge is 0.286 e. The van der Waals surface area contributed by atoms with Gasteiger partial charge in [-0.1, -0.05) is 351 Å². The molecular weight excluding hydrogens is 1510 g/mol. The van der Waals surface area contributed by atoms with E-state index in [1.54, 1.807) is 0 Å². The molecule has 4 heterocycles. The second-order valence-corrected chi connectivity index (χ2v) is 33.0. The molecule has 0 atom stereocenters. The minimum atomic E-state index is -0.0337. The van der Waals surface area contributed by atoms with Gasteiger partial charge in [-0.3, -0.25) is 0 Å². The fourth-order valence-electron chi connectivity index (χ4n) is 14.7. The van der Waals surface area contributed by atoms with Gasteiger partial charge in [-0.15, -0.1) is 30.6 Å². The molecule has 0 N–H and O–H groups in total. The average molecular weight is 1670 g/mol. The molecule has 21 heteroatoms. The van der Waals surface area contributed by atoms with Gasteiger partial charge in [0.25, 0.3) is 17.7 Å². The number of nitrogens with zero attached hydrogens (tertiary/aromatic N) is 9. The van der Waals surface area contributed by atoms with E-state index in [0.29, 0.717) is 128 Å². The van der Waals surface area contributed by atoms with Gasteiger partial charge in [0.05, 0.1) is 59.5 Å². The first-order valence-corrected chi connectivity index (χ1v) is 48.8. The molecule has 0 fully saturated rings. The Hall–Kier alpha value is -7.71. The van der Waals surface area contributed by atoms with Crippen LogP contribution in [-0.2, 0) is 0 Å². The molecular formula is C99H159N9O12. The Kier molecular flexibility index (Phi) is 53.1. The van der Waals surface area contributed by atoms with Crippen molar-refractivity contribution < 1.29 is 55.9 Å². The van der Waals surface area contributed by atoms with Crippen LogP contribution >= 0.6 is 0 Å². The van der Waals surface area contributed by atoms with Crippen molar-refractivity contribution in [2.45, 2.75) is 409 Å². The van der Waals surface area contributed by atoms with E-state index in [1.165, 1.54) is 193 Å². The third-order valence-corrected chi connectivity index (χ3v) is 22.1. The molecule has 0 aliphatic rings. The fraction of sp³-hybridized carbons (Fsp3) is 0.727. The van der Waals surface area contributed by atoms with Crippen molar-refractivity contribution in [1.29, 1.82) is 0 Å². The molecule has 21 nitrogen and oxygen atoms in total. The molecule has 4 aromatic heterocycles. The molecule has 0 unspecified atom stereocenters. The molecule has 0 bridgehead atoms. The molecule has 0 aliphatic heterocycles. The maximum atomic E-state index is 6.75. The van der Waals surface area contributed by atoms with Gasteiger partial charge in [-0.25, -0.2) is 0 Å². The maximum absolute atomic E-state index is 6.75. The highest BCUT2D eigenvalue weighted by molar-refractivity contribution is 5.69. The molecule has 3 aromatic carbocycles. The Morgan fingerprint density at radius 2 is 0.317 bits per heavy atom. The van der Waals surface area contributed by atoms with Gasteiger partial charge in [0.15, 0.2) is 34.5 Å². The van der Waals surface area contributed by atoms with Gasteiger partial charge >= 0.3 is 0 Å². The molecule has 0 spiro atoms. The molecule has 7 aromatic rings. The van der Waals surface area contributed by atoms with Gasteiger partial charge in [-0.05, 0) is 94.2 Å². The lowest BCUT2D eigenvalue weighted by Gasteiger charge is -2.18. The van der Waals surface area contributed by atoms with Crippen molar-refractivity contribution in [2.24, 2.45) is 0 Å². The van der Waals surface area contributed by atoms with Crippen LogP contribution < -0.4 is 42.6 Å². The van der Waals surface area contributed by atoms with Gasteiger partial charge in [0.1, 0.15) is 0 Å². The van der Waals surface area contributed by atoms with Crippen molar-refractivity contribution in [3.8, 4) is 121 Å². The number of rotatable bonds is 78. The van der Waals surface area contributed by atoms with Crippen LogP contribution in [-0.4, -0.2) is 105 Å². The summed E-state index contributed by atoms with van der Waals surface area (Å²) in [6.45, 7) is 24.8. The topological polar surface area (TPSA) is 238 Å². The highest BCUT2D eigenvalue weighted by atomic mass is 16.6. The summed E-state index contributed by atoms with van der Waals surface area (Å²) in [7, 11) is 0. The first kappa shape index (κ1) is 99.4. The lowest BCUT2D eigenvalue weighted by molar-refractivity contribution is 0.234. The zero-order valence-electron chi connectivity index (χ0n) is 76.4. The second-order valence-electron chi connectivity index (χ2n) is 33.0. The van der Waals surface area contributed by atoms with Crippen molar-refractivity contribution >= 4 is 0 Å². The van der Waals surface area contributed by atoms with Crippen molar-refractivity contribution in [2.75, 3.05) is 59.5 Å². The van der Waals surface area contributed by atoms with Crippen LogP contribution in [0.2, 0.25) is 0 Å². The van der Waals surface area contributed by atoms with E-state index >= 15 is 0 Å². The maximum Gasteiger partial charge on any atom is 0.286 e. The predicted octanol–water partition coefficient (Wildman–Crippen LogP) is 29.7. The average Bonchev–Trinajstić information content (AvgIpc) is 1.66. The van der Waals surface area contributed by atoms with E-state index in [-0.39, 0.29) is 52.8 Å². The summed E-state index contributed by atoms with van der Waals surface area (Å²) in [5, 5.41) is 28.2. The number of ether oxygens (including phenoxy) is 9. The van der Waals surface area contributed by atoms with Crippen LogP contribution in [0.4, 0.5) is 0 Å². The lowest BCUT2D eigenvalue weighted by Crippen LogP contribution is -2.07. The van der Waals surface area contributed by atoms with Crippen molar-refractivity contribution in [1.82, 2.24) is 45.5 Å². The minimum absolute atomic E-state index is 0.0171. The number of benzene rings is 3. The number of aromatic nitrogens is 9. The first-order valence-electron chi connectivity index (χ1n) is 48.8. The van der Waals surface area contributed by atoms with E-state index in [4.69, 9.17) is 86.1 Å². The highest BCUT2D eigenvalue weighted by Gasteiger charge is 2.28. The third kappa shape index (κ3) is 38.8. The fourth-order valence-corrected chi connectivity index (χ4v) is 14.7. The predicted molar refractivity (Wildman–Crippen MR) is 486 cm³/mol. The van der Waals surface area contributed by atoms with Crippen LogP contribution in [0.1, 0.15) is 409 Å². The summed E-state index contributed by atoms with van der Waals surface area (Å²) >= 11 is 0. The van der Waals surface area contributed by atoms with E-state index in [1.807, 2.05) is 36.4 Å². The molecule has 0 amide bonds. The largest absolute Gasteiger partial charge is 0.490 e. The van der Waals surface area contributed by atoms with Crippen LogP contribution in [0.15, 0.2) is 49.6 Å². The van der Waals surface area contributed by atoms with Crippen LogP contribution in [0, 0.1) is 0 Å². The zero-order valence-corrected chi connectivity index (χ0v) is 76.4. The Balaban J connectivity index is 1.36. The zero-order chi connectivity index (χ0) is 84.8. The number of hydrogen-bond acceptors (Lipinski definition) is 21. The first-order chi connectivity index (χ1) is 59.3. The third-order valence-electron chi connectivity index (χ3n) is 22.1. The summed E-state index contributed by atoms with van der Waals surface area (Å²) in [6, 6.07) is 11.5. The molecule has 0 saturated carbocycles. The minimum Gasteiger partial charge on any atom is -0.490 e. The van der Waals surface area contributed by atoms with Crippen molar-refractivity contribution in [3.05, 3.63) is 36.4 Å². The quantitative estimate of drug-likeness (QED) is 0.0322. The van der Waals surface area contributed by atoms with Gasteiger partial charge < -0.3 is 55.9 Å². The van der Waals surface area contributed by atoms with Gasteiger partial charge in [0.2, 0.25) is 52.4 Å². The van der Waals surface area contributed by atoms with E-state index < -0.39 is 0 Å². The highest BCUT2D eigenvalue weighted by Crippen LogP contribution is 2.46. The Bertz CT molecular complexity index is 3220. The van der Waals surface area contributed by atoms with Crippen molar-refractivity contribution in [3.63, 3.8) is 0 Å². The molecule has 0 radical (unpaired) electrons. The summed E-state index contributed by atoms with van der Waals surface area (Å²) in [5.74, 6) is 5.46. The molecule has 0 aliphatic carbocycles.